The smallest absolute Gasteiger partial charge is 0.252 e. The van der Waals surface area contributed by atoms with Gasteiger partial charge in [0.1, 0.15) is 0 Å². The van der Waals surface area contributed by atoms with Gasteiger partial charge in [-0.1, -0.05) is 24.3 Å². The lowest BCUT2D eigenvalue weighted by Crippen LogP contribution is -2.18. The molecule has 4 nitrogen and oxygen atoms in total. The van der Waals surface area contributed by atoms with Crippen LogP contribution in [0.15, 0.2) is 35.1 Å². The quantitative estimate of drug-likeness (QED) is 0.883. The molecule has 0 bridgehead atoms. The number of benzene rings is 1. The van der Waals surface area contributed by atoms with Gasteiger partial charge in [-0.15, -0.1) is 0 Å². The van der Waals surface area contributed by atoms with Crippen LogP contribution in [0.2, 0.25) is 0 Å². The van der Waals surface area contributed by atoms with E-state index in [9.17, 15) is 4.79 Å². The second-order valence-corrected chi connectivity index (χ2v) is 5.40. The zero-order chi connectivity index (χ0) is 14.8. The van der Waals surface area contributed by atoms with Crippen LogP contribution in [-0.4, -0.2) is 23.3 Å². The SMILES string of the molecule is COCCn1c(C2=Cc3ccccc3C2)cc(=O)[nH]c1=S. The maximum Gasteiger partial charge on any atom is 0.252 e. The molecule has 0 fully saturated rings. The van der Waals surface area contributed by atoms with Crippen LogP contribution in [0.4, 0.5) is 0 Å². The monoisotopic (exact) mass is 300 g/mol. The first-order valence-electron chi connectivity index (χ1n) is 6.81. The van der Waals surface area contributed by atoms with E-state index in [1.54, 1.807) is 13.2 Å². The van der Waals surface area contributed by atoms with E-state index >= 15 is 0 Å². The number of aromatic amines is 1. The van der Waals surface area contributed by atoms with Gasteiger partial charge < -0.3 is 9.30 Å². The molecule has 3 rings (SSSR count). The first-order chi connectivity index (χ1) is 10.2. The Labute approximate surface area is 127 Å². The summed E-state index contributed by atoms with van der Waals surface area (Å²) in [7, 11) is 1.65. The van der Waals surface area contributed by atoms with Crippen LogP contribution in [0.5, 0.6) is 0 Å². The van der Waals surface area contributed by atoms with Crippen LogP contribution >= 0.6 is 12.2 Å². The molecule has 0 radical (unpaired) electrons. The Hall–Kier alpha value is -1.98. The van der Waals surface area contributed by atoms with Crippen LogP contribution < -0.4 is 5.56 Å². The highest BCUT2D eigenvalue weighted by atomic mass is 32.1. The highest BCUT2D eigenvalue weighted by Gasteiger charge is 2.16. The standard InChI is InChI=1S/C16H16N2O2S/c1-20-7-6-18-14(10-15(19)17-16(18)21)13-8-11-4-2-3-5-12(11)9-13/h2-5,8,10H,6-7,9H2,1H3,(H,17,19,21). The molecule has 0 spiro atoms. The molecule has 0 aliphatic heterocycles. The second kappa shape index (κ2) is 5.79. The molecule has 21 heavy (non-hydrogen) atoms. The molecule has 1 heterocycles. The Morgan fingerprint density at radius 2 is 2.19 bits per heavy atom. The van der Waals surface area contributed by atoms with Gasteiger partial charge >= 0.3 is 0 Å². The topological polar surface area (TPSA) is 47.0 Å². The molecule has 5 heteroatoms. The summed E-state index contributed by atoms with van der Waals surface area (Å²) in [5, 5.41) is 0. The molecule has 0 amide bonds. The van der Waals surface area contributed by atoms with Crippen molar-refractivity contribution in [2.75, 3.05) is 13.7 Å². The molecule has 0 saturated carbocycles. The number of nitrogens with zero attached hydrogens (tertiary/aromatic N) is 1. The summed E-state index contributed by atoms with van der Waals surface area (Å²) in [6, 6.07) is 9.87. The predicted octanol–water partition coefficient (Wildman–Crippen LogP) is 2.65. The fourth-order valence-corrected chi connectivity index (χ4v) is 2.93. The molecule has 0 unspecified atom stereocenters. The number of hydrogen-bond acceptors (Lipinski definition) is 3. The molecular weight excluding hydrogens is 284 g/mol. The van der Waals surface area contributed by atoms with Crippen molar-refractivity contribution in [3.63, 3.8) is 0 Å². The van der Waals surface area contributed by atoms with Gasteiger partial charge in [0.05, 0.1) is 12.3 Å². The summed E-state index contributed by atoms with van der Waals surface area (Å²) < 4.78 is 7.50. The number of aromatic nitrogens is 2. The lowest BCUT2D eigenvalue weighted by molar-refractivity contribution is 0.186. The minimum absolute atomic E-state index is 0.166. The third kappa shape index (κ3) is 2.75. The molecule has 108 valence electrons. The van der Waals surface area contributed by atoms with Crippen molar-refractivity contribution >= 4 is 23.9 Å². The maximum absolute atomic E-state index is 11.8. The fraction of sp³-hybridized carbons (Fsp3) is 0.250. The van der Waals surface area contributed by atoms with Gasteiger partial charge in [-0.3, -0.25) is 9.78 Å². The third-order valence-corrected chi connectivity index (χ3v) is 3.97. The maximum atomic E-state index is 11.8. The van der Waals surface area contributed by atoms with Gasteiger partial charge in [0.2, 0.25) is 0 Å². The molecule has 2 aromatic rings. The van der Waals surface area contributed by atoms with Crippen LogP contribution in [-0.2, 0) is 17.7 Å². The van der Waals surface area contributed by atoms with Crippen LogP contribution in [0.25, 0.3) is 11.6 Å². The van der Waals surface area contributed by atoms with Crippen molar-refractivity contribution in [3.8, 4) is 0 Å². The Balaban J connectivity index is 2.07. The summed E-state index contributed by atoms with van der Waals surface area (Å²) >= 11 is 5.29. The highest BCUT2D eigenvalue weighted by Crippen LogP contribution is 2.30. The van der Waals surface area contributed by atoms with Gasteiger partial charge in [-0.05, 0) is 35.0 Å². The van der Waals surface area contributed by atoms with Crippen LogP contribution in [0.3, 0.4) is 0 Å². The Kier molecular flexibility index (Phi) is 3.86. The zero-order valence-electron chi connectivity index (χ0n) is 11.8. The molecule has 1 N–H and O–H groups in total. The van der Waals surface area contributed by atoms with Gasteiger partial charge in [-0.2, -0.15) is 0 Å². The number of H-pyrrole nitrogens is 1. The average Bonchev–Trinajstić information content (AvgIpc) is 2.89. The summed E-state index contributed by atoms with van der Waals surface area (Å²) in [4.78, 5) is 14.4. The Morgan fingerprint density at radius 3 is 2.95 bits per heavy atom. The third-order valence-electron chi connectivity index (χ3n) is 3.65. The highest BCUT2D eigenvalue weighted by molar-refractivity contribution is 7.71. The molecule has 1 aliphatic carbocycles. The molecule has 0 atom stereocenters. The van der Waals surface area contributed by atoms with Crippen molar-refractivity contribution in [1.82, 2.24) is 9.55 Å². The number of ether oxygens (including phenoxy) is 1. The Bertz CT molecular complexity index is 818. The minimum Gasteiger partial charge on any atom is -0.383 e. The summed E-state index contributed by atoms with van der Waals surface area (Å²) in [5.41, 5.74) is 4.30. The van der Waals surface area contributed by atoms with E-state index < -0.39 is 0 Å². The average molecular weight is 300 g/mol. The number of methoxy groups -OCH3 is 1. The number of fused-ring (bicyclic) bond motifs is 1. The number of allylic oxidation sites excluding steroid dienone is 1. The van der Waals surface area contributed by atoms with Crippen molar-refractivity contribution in [2.45, 2.75) is 13.0 Å². The molecule has 1 aromatic carbocycles. The summed E-state index contributed by atoms with van der Waals surface area (Å²) in [6.45, 7) is 1.17. The Morgan fingerprint density at radius 1 is 1.38 bits per heavy atom. The zero-order valence-corrected chi connectivity index (χ0v) is 12.6. The number of rotatable bonds is 4. The van der Waals surface area contributed by atoms with Crippen molar-refractivity contribution in [3.05, 3.63) is 62.3 Å². The summed E-state index contributed by atoms with van der Waals surface area (Å²) in [6.07, 6.45) is 2.95. The van der Waals surface area contributed by atoms with E-state index in [4.69, 9.17) is 17.0 Å². The van der Waals surface area contributed by atoms with Crippen molar-refractivity contribution < 1.29 is 4.74 Å². The van der Waals surface area contributed by atoms with Gasteiger partial charge in [-0.25, -0.2) is 0 Å². The number of nitrogens with one attached hydrogen (secondary N) is 1. The largest absolute Gasteiger partial charge is 0.383 e. The van der Waals surface area contributed by atoms with Crippen LogP contribution in [0, 0.1) is 4.77 Å². The minimum atomic E-state index is -0.166. The first kappa shape index (κ1) is 14.0. The number of hydrogen-bond donors (Lipinski definition) is 1. The van der Waals surface area contributed by atoms with E-state index in [-0.39, 0.29) is 5.56 Å². The van der Waals surface area contributed by atoms with Crippen molar-refractivity contribution in [2.24, 2.45) is 0 Å². The van der Waals surface area contributed by atoms with Gasteiger partial charge in [0.15, 0.2) is 4.77 Å². The van der Waals surface area contributed by atoms with E-state index in [0.29, 0.717) is 17.9 Å². The van der Waals surface area contributed by atoms with Crippen molar-refractivity contribution in [1.29, 1.82) is 0 Å². The van der Waals surface area contributed by atoms with E-state index in [1.165, 1.54) is 11.1 Å². The predicted molar refractivity (Wildman–Crippen MR) is 85.8 cm³/mol. The van der Waals surface area contributed by atoms with Gasteiger partial charge in [0.25, 0.3) is 5.56 Å². The molecule has 0 saturated heterocycles. The molecule has 1 aromatic heterocycles. The summed E-state index contributed by atoms with van der Waals surface area (Å²) in [5.74, 6) is 0. The van der Waals surface area contributed by atoms with Crippen LogP contribution in [0.1, 0.15) is 16.8 Å². The second-order valence-electron chi connectivity index (χ2n) is 5.01. The van der Waals surface area contributed by atoms with Gasteiger partial charge in [0, 0.05) is 26.1 Å². The lowest BCUT2D eigenvalue weighted by atomic mass is 10.1. The van der Waals surface area contributed by atoms with E-state index in [0.717, 1.165) is 17.7 Å². The fourth-order valence-electron chi connectivity index (χ4n) is 2.64. The molecular formula is C16H16N2O2S. The lowest BCUT2D eigenvalue weighted by Gasteiger charge is -2.13. The normalized spacial score (nSPS) is 13.1. The van der Waals surface area contributed by atoms with E-state index in [1.807, 2.05) is 16.7 Å². The first-order valence-corrected chi connectivity index (χ1v) is 7.22. The molecule has 1 aliphatic rings. The van der Waals surface area contributed by atoms with E-state index in [2.05, 4.69) is 23.2 Å².